The maximum Gasteiger partial charge on any atom is 0.192 e. The Morgan fingerprint density at radius 1 is 0.905 bits per heavy atom. The lowest BCUT2D eigenvalue weighted by atomic mass is 9.41. The van der Waals surface area contributed by atoms with Crippen molar-refractivity contribution < 1.29 is 19.4 Å². The first-order valence-corrected chi connectivity index (χ1v) is 20.7. The molecule has 0 radical (unpaired) electrons. The van der Waals surface area contributed by atoms with E-state index in [4.69, 9.17) is 9.16 Å². The fourth-order valence-electron chi connectivity index (χ4n) is 13.6. The first kappa shape index (κ1) is 32.0. The molecule has 2 N–H and O–H groups in total. The smallest absolute Gasteiger partial charge is 0.192 e. The molecule has 1 heterocycles. The Morgan fingerprint density at radius 2 is 1.50 bits per heavy atom. The lowest BCUT2D eigenvalue weighted by molar-refractivity contribution is -0.200. The van der Waals surface area contributed by atoms with Crippen LogP contribution in [0.1, 0.15) is 128 Å². The largest absolute Gasteiger partial charge is 0.411 e. The second kappa shape index (κ2) is 9.78. The molecule has 0 bridgehead atoms. The summed E-state index contributed by atoms with van der Waals surface area (Å²) in [5.41, 5.74) is 0.473. The molecule has 6 rings (SSSR count). The number of hydrogen-bond acceptors (Lipinski definition) is 4. The Kier molecular flexibility index (Phi) is 7.46. The van der Waals surface area contributed by atoms with Gasteiger partial charge in [-0.1, -0.05) is 62.3 Å². The Labute approximate surface area is 259 Å². The predicted octanol–water partition coefficient (Wildman–Crippen LogP) is 8.60. The van der Waals surface area contributed by atoms with Crippen LogP contribution >= 0.6 is 0 Å². The van der Waals surface area contributed by atoms with Gasteiger partial charge >= 0.3 is 0 Å². The topological polar surface area (TPSA) is 58.9 Å². The normalized spacial score (nSPS) is 51.9. The van der Waals surface area contributed by atoms with E-state index in [0.29, 0.717) is 34.0 Å². The quantitative estimate of drug-likeness (QED) is 0.287. The highest BCUT2D eigenvalue weighted by molar-refractivity contribution is 6.73. The third kappa shape index (κ3) is 3.85. The van der Waals surface area contributed by atoms with Gasteiger partial charge in [-0.2, -0.15) is 0 Å². The highest BCUT2D eigenvalue weighted by atomic mass is 28.4. The molecule has 5 heteroatoms. The van der Waals surface area contributed by atoms with Gasteiger partial charge in [0, 0.05) is 5.41 Å². The van der Waals surface area contributed by atoms with Gasteiger partial charge in [0.15, 0.2) is 8.32 Å². The second-order valence-corrected chi connectivity index (χ2v) is 23.1. The molecule has 1 aliphatic heterocycles. The van der Waals surface area contributed by atoms with Gasteiger partial charge in [-0.25, -0.2) is 0 Å². The van der Waals surface area contributed by atoms with E-state index in [2.05, 4.69) is 62.3 Å². The summed E-state index contributed by atoms with van der Waals surface area (Å²) in [6.07, 6.45) is 9.33. The second-order valence-electron chi connectivity index (χ2n) is 18.4. The third-order valence-corrected chi connectivity index (χ3v) is 21.3. The van der Waals surface area contributed by atoms with Gasteiger partial charge in [0.1, 0.15) is 6.10 Å². The first-order chi connectivity index (χ1) is 19.4. The summed E-state index contributed by atoms with van der Waals surface area (Å²) in [6, 6.07) is 3.46. The zero-order valence-corrected chi connectivity index (χ0v) is 30.2. The van der Waals surface area contributed by atoms with Crippen LogP contribution in [0.4, 0.5) is 0 Å². The molecule has 13 atom stereocenters. The minimum Gasteiger partial charge on any atom is -0.411 e. The highest BCUT2D eigenvalue weighted by Crippen LogP contribution is 2.89. The molecule has 5 saturated carbocycles. The van der Waals surface area contributed by atoms with Gasteiger partial charge in [0.05, 0.1) is 23.9 Å². The molecule has 1 saturated heterocycles. The third-order valence-electron chi connectivity index (χ3n) is 16.7. The van der Waals surface area contributed by atoms with Crippen molar-refractivity contribution in [2.45, 2.75) is 176 Å². The van der Waals surface area contributed by atoms with Crippen molar-refractivity contribution in [3.63, 3.8) is 0 Å². The van der Waals surface area contributed by atoms with E-state index < -0.39 is 20.0 Å². The van der Waals surface area contributed by atoms with Gasteiger partial charge in [0.25, 0.3) is 0 Å². The average Bonchev–Trinajstić information content (AvgIpc) is 3.56. The van der Waals surface area contributed by atoms with Crippen LogP contribution in [0.3, 0.4) is 0 Å². The fraction of sp³-hybridized carbons (Fsp3) is 1.00. The molecule has 2 spiro atoms. The molecule has 242 valence electrons. The van der Waals surface area contributed by atoms with Crippen molar-refractivity contribution in [1.29, 1.82) is 0 Å². The Hall–Kier alpha value is 0.0569. The van der Waals surface area contributed by atoms with E-state index in [-0.39, 0.29) is 29.1 Å². The monoisotopic (exact) mass is 602 g/mol. The van der Waals surface area contributed by atoms with E-state index in [0.717, 1.165) is 36.4 Å². The molecule has 0 amide bonds. The van der Waals surface area contributed by atoms with Crippen LogP contribution in [-0.2, 0) is 9.16 Å². The molecule has 0 aromatic heterocycles. The first-order valence-electron chi connectivity index (χ1n) is 18.2. The number of aliphatic hydroxyl groups is 2. The Morgan fingerprint density at radius 3 is 2.10 bits per heavy atom. The van der Waals surface area contributed by atoms with Crippen LogP contribution in [0.2, 0.25) is 18.1 Å². The summed E-state index contributed by atoms with van der Waals surface area (Å²) < 4.78 is 14.9. The summed E-state index contributed by atoms with van der Waals surface area (Å²) >= 11 is 0. The molecular weight excluding hydrogens is 536 g/mol. The molecule has 42 heavy (non-hydrogen) atoms. The summed E-state index contributed by atoms with van der Waals surface area (Å²) in [4.78, 5) is 0. The molecule has 6 aliphatic rings. The van der Waals surface area contributed by atoms with Crippen LogP contribution in [0.5, 0.6) is 0 Å². The van der Waals surface area contributed by atoms with Gasteiger partial charge in [-0.15, -0.1) is 0 Å². The van der Waals surface area contributed by atoms with E-state index >= 15 is 0 Å². The van der Waals surface area contributed by atoms with Gasteiger partial charge < -0.3 is 19.4 Å². The summed E-state index contributed by atoms with van der Waals surface area (Å²) in [6.45, 7) is 26.1. The van der Waals surface area contributed by atoms with Crippen molar-refractivity contribution in [2.24, 2.45) is 56.7 Å². The average molecular weight is 603 g/mol. The van der Waals surface area contributed by atoms with Crippen molar-refractivity contribution >= 4 is 8.32 Å². The molecule has 5 aliphatic carbocycles. The van der Waals surface area contributed by atoms with Crippen molar-refractivity contribution in [1.82, 2.24) is 0 Å². The SMILES string of the molecule is CC[Si](CC)(CC)O[C@H]1[C@H]2O[C@@H]([C@H](O)C(C)(C)O)C[C@@H](C)[C@@H]2[C@@]2(C)CC[C@@]34C[C@@]35CCC(C)C(C)(C)[C@@H]5CC[C@H]4[C@]12C. The van der Waals surface area contributed by atoms with E-state index in [1.54, 1.807) is 13.8 Å². The maximum absolute atomic E-state index is 11.3. The van der Waals surface area contributed by atoms with Crippen LogP contribution in [0.15, 0.2) is 0 Å². The lowest BCUT2D eigenvalue weighted by Gasteiger charge is -2.64. The molecule has 4 nitrogen and oxygen atoms in total. The minimum absolute atomic E-state index is 0.00679. The molecule has 0 aromatic carbocycles. The van der Waals surface area contributed by atoms with E-state index in [1.165, 1.54) is 44.9 Å². The van der Waals surface area contributed by atoms with Gasteiger partial charge in [0.2, 0.25) is 0 Å². The number of hydrogen-bond donors (Lipinski definition) is 2. The lowest BCUT2D eigenvalue weighted by Crippen LogP contribution is -2.61. The van der Waals surface area contributed by atoms with Crippen LogP contribution in [0.25, 0.3) is 0 Å². The van der Waals surface area contributed by atoms with Crippen molar-refractivity contribution in [3.8, 4) is 0 Å². The molecule has 0 aromatic rings. The standard InChI is InChI=1S/C37H66O4Si/c1-12-42(13-2,14-3)41-31-29-28(23(4)21-25(40-29)30(38)33(8,9)39)34(10)19-20-37-22-36(37)18-17-24(5)32(6,7)26(36)15-16-27(37)35(31,34)11/h23-31,38-39H,12-22H2,1-11H3/t23-,24?,25-,26+,27+,28+,29+,30+,31+,34-,35-,36-,37+/m1/s1. The molecule has 6 fully saturated rings. The zero-order chi connectivity index (χ0) is 30.9. The summed E-state index contributed by atoms with van der Waals surface area (Å²) in [5, 5.41) is 22.2. The van der Waals surface area contributed by atoms with Crippen LogP contribution in [0, 0.1) is 56.7 Å². The Bertz CT molecular complexity index is 1040. The van der Waals surface area contributed by atoms with Crippen molar-refractivity contribution in [3.05, 3.63) is 0 Å². The number of aliphatic hydroxyl groups excluding tert-OH is 1. The number of fused-ring (bicyclic) bond motifs is 4. The van der Waals surface area contributed by atoms with Gasteiger partial charge in [-0.05, 0) is 135 Å². The van der Waals surface area contributed by atoms with E-state index in [9.17, 15) is 10.2 Å². The van der Waals surface area contributed by atoms with E-state index in [1.807, 2.05) is 0 Å². The summed E-state index contributed by atoms with van der Waals surface area (Å²) in [7, 11) is -1.95. The van der Waals surface area contributed by atoms with Crippen LogP contribution in [-0.4, -0.2) is 48.5 Å². The highest BCUT2D eigenvalue weighted by Gasteiger charge is 2.84. The molecular formula is C37H66O4Si. The number of ether oxygens (including phenoxy) is 1. The van der Waals surface area contributed by atoms with Crippen LogP contribution < -0.4 is 0 Å². The predicted molar refractivity (Wildman–Crippen MR) is 174 cm³/mol. The Balaban J connectivity index is 1.45. The number of rotatable bonds is 7. The fourth-order valence-corrected chi connectivity index (χ4v) is 16.5. The van der Waals surface area contributed by atoms with Gasteiger partial charge in [-0.3, -0.25) is 0 Å². The minimum atomic E-state index is -1.95. The molecule has 1 unspecified atom stereocenters. The maximum atomic E-state index is 11.3. The van der Waals surface area contributed by atoms with Crippen molar-refractivity contribution in [2.75, 3.05) is 0 Å². The summed E-state index contributed by atoms with van der Waals surface area (Å²) in [5.74, 6) is 3.22. The zero-order valence-electron chi connectivity index (χ0n) is 29.2.